The standard InChI is InChI=1S/C21H25ClN4O5/c1-13-9-18(31-25-13)21(29)26-8-4-3-7-23-20(28)16-10-15(22)5-6-17(16)30-12-14(2)24-19(27)11-26/h5-6,9-10,14H,3-4,7-8,11-12H2,1-2H3,(H,23,28)(H,24,27)/t14-/m1/s1. The number of carbonyl (C=O) groups is 3. The van der Waals surface area contributed by atoms with Gasteiger partial charge in [0.1, 0.15) is 12.4 Å². The summed E-state index contributed by atoms with van der Waals surface area (Å²) in [6, 6.07) is 6.00. The van der Waals surface area contributed by atoms with Crippen LogP contribution in [0.25, 0.3) is 0 Å². The highest BCUT2D eigenvalue weighted by Gasteiger charge is 2.23. The van der Waals surface area contributed by atoms with Crippen molar-refractivity contribution in [2.75, 3.05) is 26.2 Å². The maximum absolute atomic E-state index is 12.8. The Balaban J connectivity index is 1.75. The van der Waals surface area contributed by atoms with Crippen LogP contribution in [0.15, 0.2) is 28.8 Å². The molecule has 3 rings (SSSR count). The Labute approximate surface area is 185 Å². The lowest BCUT2D eigenvalue weighted by atomic mass is 10.2. The second-order valence-electron chi connectivity index (χ2n) is 7.44. The zero-order chi connectivity index (χ0) is 22.4. The van der Waals surface area contributed by atoms with E-state index in [-0.39, 0.29) is 36.8 Å². The van der Waals surface area contributed by atoms with Crippen LogP contribution in [0, 0.1) is 6.92 Å². The number of carbonyl (C=O) groups excluding carboxylic acids is 3. The van der Waals surface area contributed by atoms with Gasteiger partial charge in [-0.05, 0) is 44.9 Å². The molecule has 0 saturated carbocycles. The van der Waals surface area contributed by atoms with Crippen molar-refractivity contribution < 1.29 is 23.6 Å². The molecule has 2 heterocycles. The van der Waals surface area contributed by atoms with Crippen LogP contribution in [0.2, 0.25) is 5.02 Å². The number of hydrogen-bond acceptors (Lipinski definition) is 6. The molecule has 1 aromatic carbocycles. The number of aromatic nitrogens is 1. The topological polar surface area (TPSA) is 114 Å². The van der Waals surface area contributed by atoms with E-state index in [1.54, 1.807) is 32.0 Å². The largest absolute Gasteiger partial charge is 0.491 e. The highest BCUT2D eigenvalue weighted by atomic mass is 35.5. The fourth-order valence-corrected chi connectivity index (χ4v) is 3.33. The molecule has 2 N–H and O–H groups in total. The minimum absolute atomic E-state index is 0.0835. The van der Waals surface area contributed by atoms with Crippen LogP contribution in [0.5, 0.6) is 5.75 Å². The fourth-order valence-electron chi connectivity index (χ4n) is 3.15. The summed E-state index contributed by atoms with van der Waals surface area (Å²) in [6.45, 7) is 4.24. The Morgan fingerprint density at radius 1 is 1.26 bits per heavy atom. The summed E-state index contributed by atoms with van der Waals surface area (Å²) < 4.78 is 10.8. The van der Waals surface area contributed by atoms with Gasteiger partial charge in [-0.1, -0.05) is 16.8 Å². The summed E-state index contributed by atoms with van der Waals surface area (Å²) in [7, 11) is 0. The van der Waals surface area contributed by atoms with E-state index >= 15 is 0 Å². The van der Waals surface area contributed by atoms with Gasteiger partial charge in [0.25, 0.3) is 11.8 Å². The predicted molar refractivity (Wildman–Crippen MR) is 113 cm³/mol. The van der Waals surface area contributed by atoms with Gasteiger partial charge in [0.05, 0.1) is 23.8 Å². The van der Waals surface area contributed by atoms with E-state index in [4.69, 9.17) is 20.9 Å². The van der Waals surface area contributed by atoms with Crippen LogP contribution in [-0.4, -0.2) is 60.1 Å². The van der Waals surface area contributed by atoms with Gasteiger partial charge < -0.3 is 24.8 Å². The molecule has 1 aliphatic rings. The number of nitrogens with one attached hydrogen (secondary N) is 2. The minimum atomic E-state index is -0.407. The van der Waals surface area contributed by atoms with Crippen molar-refractivity contribution in [2.45, 2.75) is 32.7 Å². The first kappa shape index (κ1) is 22.6. The van der Waals surface area contributed by atoms with E-state index in [0.717, 1.165) is 0 Å². The van der Waals surface area contributed by atoms with Gasteiger partial charge in [-0.3, -0.25) is 14.4 Å². The van der Waals surface area contributed by atoms with E-state index in [1.807, 2.05) is 0 Å². The fraction of sp³-hybridized carbons (Fsp3) is 0.429. The van der Waals surface area contributed by atoms with E-state index in [1.165, 1.54) is 11.0 Å². The van der Waals surface area contributed by atoms with Gasteiger partial charge in [-0.25, -0.2) is 0 Å². The smallest absolute Gasteiger partial charge is 0.292 e. The number of rotatable bonds is 1. The summed E-state index contributed by atoms with van der Waals surface area (Å²) in [5, 5.41) is 9.82. The first-order chi connectivity index (χ1) is 14.8. The highest BCUT2D eigenvalue weighted by molar-refractivity contribution is 6.31. The number of fused-ring (bicyclic) bond motifs is 1. The Hall–Kier alpha value is -3.07. The van der Waals surface area contributed by atoms with Crippen molar-refractivity contribution >= 4 is 29.3 Å². The third-order valence-electron chi connectivity index (χ3n) is 4.68. The Morgan fingerprint density at radius 3 is 2.81 bits per heavy atom. The van der Waals surface area contributed by atoms with Crippen LogP contribution in [0.3, 0.4) is 0 Å². The molecule has 0 aliphatic carbocycles. The molecule has 1 atom stereocenters. The summed E-state index contributed by atoms with van der Waals surface area (Å²) in [5.41, 5.74) is 0.915. The molecule has 3 amide bonds. The monoisotopic (exact) mass is 448 g/mol. The average molecular weight is 449 g/mol. The molecule has 1 aliphatic heterocycles. The molecule has 9 nitrogen and oxygen atoms in total. The molecule has 166 valence electrons. The normalized spacial score (nSPS) is 18.7. The van der Waals surface area contributed by atoms with Crippen LogP contribution in [-0.2, 0) is 4.79 Å². The van der Waals surface area contributed by atoms with Crippen molar-refractivity contribution in [1.82, 2.24) is 20.7 Å². The van der Waals surface area contributed by atoms with Gasteiger partial charge in [0.2, 0.25) is 11.7 Å². The SMILES string of the molecule is Cc1cc(C(=O)N2CCCCNC(=O)c3cc(Cl)ccc3OC[C@@H](C)NC(=O)C2)on1. The molecule has 0 saturated heterocycles. The Bertz CT molecular complexity index is 961. The zero-order valence-electron chi connectivity index (χ0n) is 17.4. The second kappa shape index (κ2) is 10.3. The molecule has 2 aromatic rings. The van der Waals surface area contributed by atoms with E-state index in [2.05, 4.69) is 15.8 Å². The van der Waals surface area contributed by atoms with Crippen molar-refractivity contribution in [1.29, 1.82) is 0 Å². The van der Waals surface area contributed by atoms with Crippen molar-refractivity contribution in [3.8, 4) is 5.75 Å². The van der Waals surface area contributed by atoms with Gasteiger partial charge >= 0.3 is 0 Å². The minimum Gasteiger partial charge on any atom is -0.491 e. The maximum atomic E-state index is 12.8. The number of hydrogen-bond donors (Lipinski definition) is 2. The van der Waals surface area contributed by atoms with Gasteiger partial charge in [0, 0.05) is 24.2 Å². The molecule has 0 radical (unpaired) electrons. The third kappa shape index (κ3) is 6.21. The number of ether oxygens (including phenoxy) is 1. The molecule has 10 heteroatoms. The average Bonchev–Trinajstić information content (AvgIpc) is 3.16. The predicted octanol–water partition coefficient (Wildman–Crippen LogP) is 2.19. The lowest BCUT2D eigenvalue weighted by Gasteiger charge is -2.22. The molecule has 0 bridgehead atoms. The molecule has 0 unspecified atom stereocenters. The highest BCUT2D eigenvalue weighted by Crippen LogP contribution is 2.23. The van der Waals surface area contributed by atoms with Crippen molar-refractivity contribution in [3.05, 3.63) is 46.3 Å². The zero-order valence-corrected chi connectivity index (χ0v) is 18.2. The molecular weight excluding hydrogens is 424 g/mol. The summed E-state index contributed by atoms with van der Waals surface area (Å²) in [6.07, 6.45) is 1.20. The van der Waals surface area contributed by atoms with Crippen LogP contribution in [0.4, 0.5) is 0 Å². The second-order valence-corrected chi connectivity index (χ2v) is 7.88. The van der Waals surface area contributed by atoms with E-state index in [9.17, 15) is 14.4 Å². The van der Waals surface area contributed by atoms with Crippen molar-refractivity contribution in [3.63, 3.8) is 0 Å². The van der Waals surface area contributed by atoms with Gasteiger partial charge in [0.15, 0.2) is 0 Å². The number of aryl methyl sites for hydroxylation is 1. The molecule has 0 fully saturated rings. The molecule has 31 heavy (non-hydrogen) atoms. The summed E-state index contributed by atoms with van der Waals surface area (Å²) >= 11 is 6.04. The molecule has 0 spiro atoms. The van der Waals surface area contributed by atoms with E-state index < -0.39 is 5.91 Å². The lowest BCUT2D eigenvalue weighted by Crippen LogP contribution is -2.45. The lowest BCUT2D eigenvalue weighted by molar-refractivity contribution is -0.122. The maximum Gasteiger partial charge on any atom is 0.292 e. The van der Waals surface area contributed by atoms with E-state index in [0.29, 0.717) is 48.0 Å². The molecular formula is C21H25ClN4O5. The van der Waals surface area contributed by atoms with Crippen LogP contribution < -0.4 is 15.4 Å². The van der Waals surface area contributed by atoms with Gasteiger partial charge in [-0.15, -0.1) is 0 Å². The van der Waals surface area contributed by atoms with Crippen molar-refractivity contribution in [2.24, 2.45) is 0 Å². The van der Waals surface area contributed by atoms with Gasteiger partial charge in [-0.2, -0.15) is 0 Å². The number of nitrogens with zero attached hydrogens (tertiary/aromatic N) is 2. The first-order valence-corrected chi connectivity index (χ1v) is 10.4. The quantitative estimate of drug-likeness (QED) is 0.691. The third-order valence-corrected chi connectivity index (χ3v) is 4.92. The number of halogens is 1. The molecule has 1 aromatic heterocycles. The summed E-state index contributed by atoms with van der Waals surface area (Å²) in [4.78, 5) is 39.3. The first-order valence-electron chi connectivity index (χ1n) is 10.1. The Morgan fingerprint density at radius 2 is 2.06 bits per heavy atom. The number of amides is 3. The summed E-state index contributed by atoms with van der Waals surface area (Å²) in [5.74, 6) is -0.555. The van der Waals surface area contributed by atoms with Crippen LogP contribution >= 0.6 is 11.6 Å². The van der Waals surface area contributed by atoms with Crippen LogP contribution in [0.1, 0.15) is 46.4 Å². The Kier molecular flexibility index (Phi) is 7.51. The number of benzene rings is 1.